The first kappa shape index (κ1) is 21.5. The second-order valence-corrected chi connectivity index (χ2v) is 9.81. The lowest BCUT2D eigenvalue weighted by Gasteiger charge is -2.48. The van der Waals surface area contributed by atoms with Crippen molar-refractivity contribution in [1.29, 1.82) is 0 Å². The molecule has 2 aliphatic rings. The normalized spacial score (nSPS) is 24.3. The summed E-state index contributed by atoms with van der Waals surface area (Å²) in [6.45, 7) is 6.81. The molecule has 1 unspecified atom stereocenters. The maximum Gasteiger partial charge on any atom is 0.246 e. The molecule has 0 saturated carbocycles. The van der Waals surface area contributed by atoms with Gasteiger partial charge >= 0.3 is 0 Å². The number of anilines is 2. The second kappa shape index (κ2) is 8.82. The molecule has 1 aromatic heterocycles. The molecule has 0 spiro atoms. The number of hydrogen-bond acceptors (Lipinski definition) is 7. The zero-order chi connectivity index (χ0) is 21.3. The van der Waals surface area contributed by atoms with Crippen LogP contribution in [0.4, 0.5) is 11.9 Å². The molecule has 0 radical (unpaired) electrons. The molecule has 1 aromatic carbocycles. The number of rotatable bonds is 5. The Morgan fingerprint density at radius 2 is 1.97 bits per heavy atom. The quantitative estimate of drug-likeness (QED) is 0.604. The van der Waals surface area contributed by atoms with E-state index in [1.807, 2.05) is 13.8 Å². The number of benzene rings is 1. The molecule has 2 aromatic rings. The Kier molecular flexibility index (Phi) is 6.34. The molecule has 4 N–H and O–H groups in total. The Bertz CT molecular complexity index is 829. The van der Waals surface area contributed by atoms with Gasteiger partial charge < -0.3 is 20.5 Å². The summed E-state index contributed by atoms with van der Waals surface area (Å²) in [5, 5.41) is 17.5. The Morgan fingerprint density at radius 3 is 2.57 bits per heavy atom. The molecule has 2 fully saturated rings. The average Bonchev–Trinajstić information content (AvgIpc) is 3.16. The Morgan fingerprint density at radius 1 is 1.27 bits per heavy atom. The molecule has 9 heteroatoms. The first-order chi connectivity index (χ1) is 14.3. The number of nitrogens with two attached hydrogens (primary N) is 1. The minimum atomic E-state index is -0.863. The van der Waals surface area contributed by atoms with Gasteiger partial charge in [0.25, 0.3) is 0 Å². The van der Waals surface area contributed by atoms with Crippen molar-refractivity contribution >= 4 is 27.8 Å². The highest BCUT2D eigenvalue weighted by Crippen LogP contribution is 2.29. The van der Waals surface area contributed by atoms with E-state index < -0.39 is 5.60 Å². The van der Waals surface area contributed by atoms with Crippen molar-refractivity contribution in [3.05, 3.63) is 34.3 Å². The summed E-state index contributed by atoms with van der Waals surface area (Å²) in [7, 11) is 0. The lowest BCUT2D eigenvalue weighted by atomic mass is 9.92. The van der Waals surface area contributed by atoms with Crippen LogP contribution in [0.1, 0.15) is 32.3 Å². The van der Waals surface area contributed by atoms with Crippen LogP contribution in [0, 0.1) is 0 Å². The zero-order valence-electron chi connectivity index (χ0n) is 17.6. The number of aromatic amines is 1. The highest BCUT2D eigenvalue weighted by molar-refractivity contribution is 9.10. The van der Waals surface area contributed by atoms with Crippen LogP contribution >= 0.6 is 15.9 Å². The first-order valence-electron chi connectivity index (χ1n) is 10.6. The van der Waals surface area contributed by atoms with E-state index in [4.69, 9.17) is 10.5 Å². The highest BCUT2D eigenvalue weighted by atomic mass is 79.9. The fraction of sp³-hybridized carbons (Fsp3) is 0.619. The molecule has 2 saturated heterocycles. The van der Waals surface area contributed by atoms with Crippen molar-refractivity contribution < 1.29 is 9.84 Å². The monoisotopic (exact) mass is 478 g/mol. The maximum atomic E-state index is 10.6. The summed E-state index contributed by atoms with van der Waals surface area (Å²) in [4.78, 5) is 9.01. The summed E-state index contributed by atoms with van der Waals surface area (Å²) in [6.07, 6.45) is 2.78. The Balaban J connectivity index is 1.46. The van der Waals surface area contributed by atoms with Crippen molar-refractivity contribution in [2.75, 3.05) is 36.9 Å². The maximum absolute atomic E-state index is 10.6. The van der Waals surface area contributed by atoms with Crippen LogP contribution in [0.5, 0.6) is 0 Å². The van der Waals surface area contributed by atoms with Crippen molar-refractivity contribution in [2.45, 2.75) is 56.9 Å². The lowest BCUT2D eigenvalue weighted by Crippen LogP contribution is -2.61. The van der Waals surface area contributed by atoms with Crippen LogP contribution in [0.25, 0.3) is 0 Å². The largest absolute Gasteiger partial charge is 0.388 e. The standard InChI is InChI=1S/C21H31BrN6O2/c1-21(2,29)18-12-28(17(13-30-18)11-14-3-5-15(22)6-4-14)16-7-9-27(10-8-16)20-24-19(23)25-26-20/h3-6,16-18,29H,7-13H2,1-2H3,(H3,23,24,25,26)/t17-,18?/m0/s1. The summed E-state index contributed by atoms with van der Waals surface area (Å²) in [5.41, 5.74) is 6.12. The SMILES string of the molecule is CC(C)(O)C1CN(C2CCN(c3n[nH]c(N)n3)CC2)[C@@H](Cc2ccc(Br)cc2)CO1. The molecular formula is C21H31BrN6O2. The number of morpholine rings is 1. The smallest absolute Gasteiger partial charge is 0.246 e. The van der Waals surface area contributed by atoms with Gasteiger partial charge in [0.2, 0.25) is 11.9 Å². The second-order valence-electron chi connectivity index (χ2n) is 8.90. The van der Waals surface area contributed by atoms with Crippen LogP contribution in [-0.2, 0) is 11.2 Å². The van der Waals surface area contributed by atoms with Crippen LogP contribution in [0.2, 0.25) is 0 Å². The molecular weight excluding hydrogens is 448 g/mol. The molecule has 164 valence electrons. The van der Waals surface area contributed by atoms with Gasteiger partial charge in [0, 0.05) is 36.2 Å². The molecule has 0 aliphatic carbocycles. The van der Waals surface area contributed by atoms with E-state index in [2.05, 4.69) is 65.2 Å². The van der Waals surface area contributed by atoms with Gasteiger partial charge in [-0.1, -0.05) is 28.1 Å². The molecule has 0 bridgehead atoms. The molecule has 3 heterocycles. The third-order valence-electron chi connectivity index (χ3n) is 6.22. The van der Waals surface area contributed by atoms with Crippen molar-refractivity contribution in [1.82, 2.24) is 20.1 Å². The van der Waals surface area contributed by atoms with Gasteiger partial charge in [-0.05, 0) is 50.8 Å². The number of nitrogens with one attached hydrogen (secondary N) is 1. The van der Waals surface area contributed by atoms with E-state index in [1.54, 1.807) is 0 Å². The van der Waals surface area contributed by atoms with E-state index >= 15 is 0 Å². The highest BCUT2D eigenvalue weighted by Gasteiger charge is 2.40. The third kappa shape index (κ3) is 4.96. The van der Waals surface area contributed by atoms with Gasteiger partial charge in [0.05, 0.1) is 18.3 Å². The van der Waals surface area contributed by atoms with Crippen LogP contribution in [0.3, 0.4) is 0 Å². The van der Waals surface area contributed by atoms with Gasteiger partial charge in [-0.15, -0.1) is 5.10 Å². The molecule has 2 atom stereocenters. The van der Waals surface area contributed by atoms with Crippen molar-refractivity contribution in [3.8, 4) is 0 Å². The number of aliphatic hydroxyl groups is 1. The predicted octanol–water partition coefficient (Wildman–Crippen LogP) is 2.20. The summed E-state index contributed by atoms with van der Waals surface area (Å²) < 4.78 is 7.20. The van der Waals surface area contributed by atoms with E-state index in [9.17, 15) is 5.11 Å². The number of aromatic nitrogens is 3. The molecule has 2 aliphatic heterocycles. The fourth-order valence-electron chi connectivity index (χ4n) is 4.46. The minimum Gasteiger partial charge on any atom is -0.388 e. The van der Waals surface area contributed by atoms with Gasteiger partial charge in [-0.25, -0.2) is 5.10 Å². The number of nitrogen functional groups attached to an aromatic ring is 1. The molecule has 4 rings (SSSR count). The summed E-state index contributed by atoms with van der Waals surface area (Å²) in [6, 6.07) is 9.24. The number of H-pyrrole nitrogens is 1. The van der Waals surface area contributed by atoms with Gasteiger partial charge in [-0.3, -0.25) is 4.90 Å². The van der Waals surface area contributed by atoms with Crippen molar-refractivity contribution in [3.63, 3.8) is 0 Å². The number of nitrogens with zero attached hydrogens (tertiary/aromatic N) is 4. The van der Waals surface area contributed by atoms with Crippen molar-refractivity contribution in [2.24, 2.45) is 0 Å². The van der Waals surface area contributed by atoms with Crippen LogP contribution < -0.4 is 10.6 Å². The van der Waals surface area contributed by atoms with E-state index in [1.165, 1.54) is 5.56 Å². The topological polar surface area (TPSA) is 104 Å². The number of halogens is 1. The van der Waals surface area contributed by atoms with Gasteiger partial charge in [0.15, 0.2) is 0 Å². The third-order valence-corrected chi connectivity index (χ3v) is 6.74. The fourth-order valence-corrected chi connectivity index (χ4v) is 4.73. The molecule has 30 heavy (non-hydrogen) atoms. The Labute approximate surface area is 185 Å². The van der Waals surface area contributed by atoms with E-state index in [0.29, 0.717) is 30.6 Å². The van der Waals surface area contributed by atoms with Crippen LogP contribution in [-0.4, -0.2) is 75.2 Å². The van der Waals surface area contributed by atoms with E-state index in [-0.39, 0.29) is 6.10 Å². The number of hydrogen-bond donors (Lipinski definition) is 3. The zero-order valence-corrected chi connectivity index (χ0v) is 19.2. The molecule has 0 amide bonds. The number of ether oxygens (including phenoxy) is 1. The van der Waals surface area contributed by atoms with Gasteiger partial charge in [0.1, 0.15) is 0 Å². The Hall–Kier alpha value is -1.68. The van der Waals surface area contributed by atoms with Gasteiger partial charge in [-0.2, -0.15) is 4.98 Å². The predicted molar refractivity (Wildman–Crippen MR) is 120 cm³/mol. The van der Waals surface area contributed by atoms with E-state index in [0.717, 1.165) is 43.4 Å². The van der Waals surface area contributed by atoms with Crippen LogP contribution in [0.15, 0.2) is 28.7 Å². The summed E-state index contributed by atoms with van der Waals surface area (Å²) >= 11 is 3.51. The first-order valence-corrected chi connectivity index (χ1v) is 11.4. The minimum absolute atomic E-state index is 0.190. The molecule has 8 nitrogen and oxygen atoms in total. The number of piperidine rings is 1. The summed E-state index contributed by atoms with van der Waals surface area (Å²) in [5.74, 6) is 1.02. The average molecular weight is 479 g/mol. The lowest BCUT2D eigenvalue weighted by molar-refractivity contribution is -0.154.